The Morgan fingerprint density at radius 3 is 2.68 bits per heavy atom. The summed E-state index contributed by atoms with van der Waals surface area (Å²) in [5, 5.41) is 2.46. The molecule has 4 nitrogen and oxygen atoms in total. The molecule has 1 aliphatic heterocycles. The monoisotopic (exact) mass is 389 g/mol. The predicted octanol–water partition coefficient (Wildman–Crippen LogP) is 5.05. The van der Waals surface area contributed by atoms with Crippen LogP contribution in [0.2, 0.25) is 0 Å². The minimum absolute atomic E-state index is 0.264. The Bertz CT molecular complexity index is 1090. The van der Waals surface area contributed by atoms with E-state index < -0.39 is 0 Å². The third-order valence-corrected chi connectivity index (χ3v) is 6.95. The van der Waals surface area contributed by atoms with Gasteiger partial charge in [-0.25, -0.2) is 4.98 Å². The first kappa shape index (κ1) is 17.4. The zero-order valence-corrected chi connectivity index (χ0v) is 16.6. The second-order valence-electron chi connectivity index (χ2n) is 7.49. The number of para-hydroxylation sites is 2. The molecular weight excluding hydrogens is 366 g/mol. The summed E-state index contributed by atoms with van der Waals surface area (Å²) in [6.45, 7) is 2.42. The van der Waals surface area contributed by atoms with Crippen molar-refractivity contribution >= 4 is 38.4 Å². The molecule has 4 aromatic rings. The van der Waals surface area contributed by atoms with Crippen LogP contribution in [-0.2, 0) is 11.3 Å². The maximum Gasteiger partial charge on any atom is 0.224 e. The minimum atomic E-state index is 0.264. The van der Waals surface area contributed by atoms with Crippen LogP contribution in [0.15, 0.2) is 60.8 Å². The van der Waals surface area contributed by atoms with Gasteiger partial charge in [-0.15, -0.1) is 11.3 Å². The highest BCUT2D eigenvalue weighted by Crippen LogP contribution is 2.33. The minimum Gasteiger partial charge on any atom is -0.347 e. The second kappa shape index (κ2) is 7.40. The van der Waals surface area contributed by atoms with Gasteiger partial charge in [0.2, 0.25) is 5.91 Å². The van der Waals surface area contributed by atoms with Gasteiger partial charge in [0, 0.05) is 43.7 Å². The number of thiazole rings is 1. The van der Waals surface area contributed by atoms with Gasteiger partial charge < -0.3 is 9.47 Å². The van der Waals surface area contributed by atoms with Crippen LogP contribution < -0.4 is 0 Å². The first-order valence-corrected chi connectivity index (χ1v) is 10.8. The average Bonchev–Trinajstić information content (AvgIpc) is 3.36. The Morgan fingerprint density at radius 1 is 1.04 bits per heavy atom. The van der Waals surface area contributed by atoms with E-state index in [1.165, 1.54) is 20.6 Å². The summed E-state index contributed by atoms with van der Waals surface area (Å²) >= 11 is 1.81. The van der Waals surface area contributed by atoms with Crippen molar-refractivity contribution in [1.29, 1.82) is 0 Å². The lowest BCUT2D eigenvalue weighted by atomic mass is 9.97. The molecule has 3 heterocycles. The number of carbonyl (C=O) groups excluding carboxylic acids is 1. The average molecular weight is 390 g/mol. The molecule has 1 aliphatic rings. The molecule has 142 valence electrons. The molecule has 0 saturated carbocycles. The van der Waals surface area contributed by atoms with Gasteiger partial charge in [0.1, 0.15) is 0 Å². The van der Waals surface area contributed by atoms with Crippen molar-refractivity contribution in [3.05, 3.63) is 65.8 Å². The number of aromatic nitrogens is 2. The summed E-state index contributed by atoms with van der Waals surface area (Å²) < 4.78 is 3.44. The second-order valence-corrected chi connectivity index (χ2v) is 8.56. The van der Waals surface area contributed by atoms with E-state index in [1.54, 1.807) is 11.3 Å². The predicted molar refractivity (Wildman–Crippen MR) is 115 cm³/mol. The fourth-order valence-electron chi connectivity index (χ4n) is 4.15. The Hall–Kier alpha value is -2.66. The number of amides is 1. The number of hydrogen-bond donors (Lipinski definition) is 0. The molecular formula is C23H23N3OS. The van der Waals surface area contributed by atoms with Crippen LogP contribution in [-0.4, -0.2) is 33.4 Å². The number of fused-ring (bicyclic) bond motifs is 2. The highest BCUT2D eigenvalue weighted by Gasteiger charge is 2.25. The molecule has 1 amide bonds. The van der Waals surface area contributed by atoms with E-state index in [9.17, 15) is 4.79 Å². The third-order valence-electron chi connectivity index (χ3n) is 5.75. The smallest absolute Gasteiger partial charge is 0.224 e. The van der Waals surface area contributed by atoms with Crippen molar-refractivity contribution in [1.82, 2.24) is 14.5 Å². The third kappa shape index (κ3) is 3.31. The maximum atomic E-state index is 12.7. The summed E-state index contributed by atoms with van der Waals surface area (Å²) in [5.41, 5.74) is 2.30. The van der Waals surface area contributed by atoms with Crippen LogP contribution in [0.1, 0.15) is 30.2 Å². The molecule has 28 heavy (non-hydrogen) atoms. The van der Waals surface area contributed by atoms with E-state index in [-0.39, 0.29) is 5.91 Å². The molecule has 0 aliphatic carbocycles. The van der Waals surface area contributed by atoms with Crippen LogP contribution in [0.25, 0.3) is 21.1 Å². The number of hydrogen-bond acceptors (Lipinski definition) is 3. The lowest BCUT2D eigenvalue weighted by Gasteiger charge is -2.31. The molecule has 0 radical (unpaired) electrons. The number of likely N-dealkylation sites (tertiary alicyclic amines) is 1. The standard InChI is InChI=1S/C23H23N3OS/c27-22(12-16-25-13-9-17-5-1-3-7-20(17)25)26-14-10-18(11-15-26)23-24-19-6-2-4-8-21(19)28-23/h1-9,13,18H,10-12,14-16H2. The molecule has 5 rings (SSSR count). The van der Waals surface area contributed by atoms with Crippen LogP contribution in [0, 0.1) is 0 Å². The number of aryl methyl sites for hydroxylation is 1. The Morgan fingerprint density at radius 2 is 1.82 bits per heavy atom. The summed E-state index contributed by atoms with van der Waals surface area (Å²) in [6, 6.07) is 18.8. The molecule has 0 N–H and O–H groups in total. The van der Waals surface area contributed by atoms with E-state index in [0.717, 1.165) is 38.0 Å². The molecule has 2 aromatic carbocycles. The summed E-state index contributed by atoms with van der Waals surface area (Å²) in [5.74, 6) is 0.746. The quantitative estimate of drug-likeness (QED) is 0.490. The van der Waals surface area contributed by atoms with E-state index >= 15 is 0 Å². The van der Waals surface area contributed by atoms with Crippen molar-refractivity contribution in [2.45, 2.75) is 31.7 Å². The van der Waals surface area contributed by atoms with Gasteiger partial charge in [0.05, 0.1) is 15.2 Å². The Labute approximate surface area is 168 Å². The number of rotatable bonds is 4. The van der Waals surface area contributed by atoms with Crippen molar-refractivity contribution in [3.63, 3.8) is 0 Å². The molecule has 0 unspecified atom stereocenters. The van der Waals surface area contributed by atoms with Crippen LogP contribution in [0.5, 0.6) is 0 Å². The largest absolute Gasteiger partial charge is 0.347 e. The Balaban J connectivity index is 1.19. The zero-order valence-electron chi connectivity index (χ0n) is 15.8. The highest BCUT2D eigenvalue weighted by atomic mass is 32.1. The maximum absolute atomic E-state index is 12.7. The topological polar surface area (TPSA) is 38.1 Å². The van der Waals surface area contributed by atoms with Crippen LogP contribution in [0.3, 0.4) is 0 Å². The normalized spacial score (nSPS) is 15.5. The van der Waals surface area contributed by atoms with Gasteiger partial charge in [0.15, 0.2) is 0 Å². The first-order valence-electron chi connectivity index (χ1n) is 9.95. The highest BCUT2D eigenvalue weighted by molar-refractivity contribution is 7.18. The van der Waals surface area contributed by atoms with Crippen LogP contribution >= 0.6 is 11.3 Å². The van der Waals surface area contributed by atoms with Gasteiger partial charge in [-0.3, -0.25) is 4.79 Å². The van der Waals surface area contributed by atoms with Crippen molar-refractivity contribution < 1.29 is 4.79 Å². The van der Waals surface area contributed by atoms with Crippen molar-refractivity contribution in [2.24, 2.45) is 0 Å². The zero-order chi connectivity index (χ0) is 18.9. The summed E-state index contributed by atoms with van der Waals surface area (Å²) in [7, 11) is 0. The lowest BCUT2D eigenvalue weighted by Crippen LogP contribution is -2.38. The van der Waals surface area contributed by atoms with Crippen molar-refractivity contribution in [3.8, 4) is 0 Å². The van der Waals surface area contributed by atoms with E-state index in [1.807, 2.05) is 23.1 Å². The molecule has 5 heteroatoms. The van der Waals surface area contributed by atoms with E-state index in [4.69, 9.17) is 4.98 Å². The Kier molecular flexibility index (Phi) is 4.61. The van der Waals surface area contributed by atoms with Gasteiger partial charge in [-0.05, 0) is 42.5 Å². The summed E-state index contributed by atoms with van der Waals surface area (Å²) in [6.07, 6.45) is 4.66. The molecule has 0 atom stereocenters. The number of piperidine rings is 1. The number of carbonyl (C=O) groups is 1. The van der Waals surface area contributed by atoms with Gasteiger partial charge >= 0.3 is 0 Å². The van der Waals surface area contributed by atoms with Gasteiger partial charge in [-0.1, -0.05) is 30.3 Å². The summed E-state index contributed by atoms with van der Waals surface area (Å²) in [4.78, 5) is 19.6. The molecule has 0 bridgehead atoms. The number of nitrogens with zero attached hydrogens (tertiary/aromatic N) is 3. The molecule has 2 aromatic heterocycles. The van der Waals surface area contributed by atoms with Crippen LogP contribution in [0.4, 0.5) is 0 Å². The number of benzene rings is 2. The SMILES string of the molecule is O=C(CCn1ccc2ccccc21)N1CCC(c2nc3ccccc3s2)CC1. The molecule has 1 saturated heterocycles. The van der Waals surface area contributed by atoms with E-state index in [2.05, 4.69) is 47.2 Å². The first-order chi connectivity index (χ1) is 13.8. The lowest BCUT2D eigenvalue weighted by molar-refractivity contribution is -0.132. The molecule has 1 fully saturated rings. The van der Waals surface area contributed by atoms with Crippen molar-refractivity contribution in [2.75, 3.05) is 13.1 Å². The van der Waals surface area contributed by atoms with Gasteiger partial charge in [0.25, 0.3) is 0 Å². The molecule has 0 spiro atoms. The fraction of sp³-hybridized carbons (Fsp3) is 0.304. The fourth-order valence-corrected chi connectivity index (χ4v) is 5.29. The van der Waals surface area contributed by atoms with E-state index in [0.29, 0.717) is 12.3 Å². The van der Waals surface area contributed by atoms with Gasteiger partial charge in [-0.2, -0.15) is 0 Å².